The zero-order chi connectivity index (χ0) is 16.0. The van der Waals surface area contributed by atoms with E-state index in [0.29, 0.717) is 12.6 Å². The molecule has 0 bridgehead atoms. The lowest BCUT2D eigenvalue weighted by molar-refractivity contribution is 0.272. The van der Waals surface area contributed by atoms with Gasteiger partial charge in [0.05, 0.1) is 23.4 Å². The molecule has 1 saturated heterocycles. The van der Waals surface area contributed by atoms with Gasteiger partial charge in [-0.05, 0) is 37.7 Å². The molecule has 0 amide bonds. The fraction of sp³-hybridized carbons (Fsp3) is 0.500. The molecule has 23 heavy (non-hydrogen) atoms. The van der Waals surface area contributed by atoms with Crippen molar-refractivity contribution in [3.63, 3.8) is 0 Å². The third-order valence-corrected chi connectivity index (χ3v) is 6.48. The van der Waals surface area contributed by atoms with E-state index >= 15 is 0 Å². The first kappa shape index (κ1) is 15.2. The molecular weight excluding hydrogens is 328 g/mol. The molecule has 0 radical (unpaired) electrons. The summed E-state index contributed by atoms with van der Waals surface area (Å²) in [5.41, 5.74) is 3.38. The Morgan fingerprint density at radius 2 is 2.30 bits per heavy atom. The van der Waals surface area contributed by atoms with Crippen LogP contribution in [0.2, 0.25) is 0 Å². The third kappa shape index (κ3) is 2.60. The van der Waals surface area contributed by atoms with Gasteiger partial charge in [0.15, 0.2) is 5.82 Å². The molecule has 1 atom stereocenters. The van der Waals surface area contributed by atoms with Gasteiger partial charge in [-0.25, -0.2) is 4.98 Å². The van der Waals surface area contributed by atoms with Crippen LogP contribution in [0.5, 0.6) is 0 Å². The zero-order valence-electron chi connectivity index (χ0n) is 13.3. The minimum Gasteiger partial charge on any atom is -0.394 e. The summed E-state index contributed by atoms with van der Waals surface area (Å²) in [5, 5.41) is 18.9. The van der Waals surface area contributed by atoms with Crippen LogP contribution >= 0.6 is 23.1 Å². The minimum absolute atomic E-state index is 0.0885. The maximum absolute atomic E-state index is 9.40. The first-order valence-electron chi connectivity index (χ1n) is 7.90. The Morgan fingerprint density at radius 1 is 1.43 bits per heavy atom. The first-order chi connectivity index (χ1) is 11.2. The second-order valence-corrected chi connectivity index (χ2v) is 8.19. The van der Waals surface area contributed by atoms with Gasteiger partial charge in [-0.1, -0.05) is 0 Å². The summed E-state index contributed by atoms with van der Waals surface area (Å²) in [6.45, 7) is 4.76. The van der Waals surface area contributed by atoms with Crippen LogP contribution in [0.15, 0.2) is 6.07 Å². The molecule has 4 heterocycles. The monoisotopic (exact) mass is 348 g/mol. The van der Waals surface area contributed by atoms with Crippen molar-refractivity contribution in [2.75, 3.05) is 23.4 Å². The van der Waals surface area contributed by atoms with Gasteiger partial charge < -0.3 is 10.4 Å². The molecule has 0 aliphatic carbocycles. The molecule has 0 aromatic carbocycles. The molecule has 0 spiro atoms. The number of aryl methyl sites for hydroxylation is 2. The van der Waals surface area contributed by atoms with E-state index in [1.165, 1.54) is 23.1 Å². The highest BCUT2D eigenvalue weighted by molar-refractivity contribution is 7.99. The van der Waals surface area contributed by atoms with E-state index in [4.69, 9.17) is 10.1 Å². The number of hydrogen-bond donors (Lipinski definition) is 2. The summed E-state index contributed by atoms with van der Waals surface area (Å²) in [6.07, 6.45) is 1.18. The molecule has 2 N–H and O–H groups in total. The van der Waals surface area contributed by atoms with Gasteiger partial charge >= 0.3 is 0 Å². The molecule has 7 heteroatoms. The fourth-order valence-electron chi connectivity index (χ4n) is 3.24. The Bertz CT molecular complexity index is 864. The predicted molar refractivity (Wildman–Crippen MR) is 98.8 cm³/mol. The number of thiophene rings is 1. The predicted octanol–water partition coefficient (Wildman–Crippen LogP) is 3.17. The maximum Gasteiger partial charge on any atom is 0.166 e. The second-order valence-electron chi connectivity index (χ2n) is 6.04. The standard InChI is InChI=1S/C16H20N4OS2/c1-9-7-10(2)17-16-12(9)13-14(23-16)15(19-20(13)4-5-21)18-11-3-6-22-8-11/h7,11,21H,3-6,8H2,1-2H3,(H,18,19). The van der Waals surface area contributed by atoms with Gasteiger partial charge in [0.2, 0.25) is 0 Å². The van der Waals surface area contributed by atoms with Crippen molar-refractivity contribution in [1.29, 1.82) is 0 Å². The summed E-state index contributed by atoms with van der Waals surface area (Å²) < 4.78 is 3.09. The van der Waals surface area contributed by atoms with Gasteiger partial charge in [0, 0.05) is 22.9 Å². The quantitative estimate of drug-likeness (QED) is 0.758. The van der Waals surface area contributed by atoms with E-state index < -0.39 is 0 Å². The van der Waals surface area contributed by atoms with E-state index in [2.05, 4.69) is 18.3 Å². The summed E-state index contributed by atoms with van der Waals surface area (Å²) >= 11 is 3.69. The van der Waals surface area contributed by atoms with E-state index in [1.807, 2.05) is 23.4 Å². The summed E-state index contributed by atoms with van der Waals surface area (Å²) in [7, 11) is 0. The average molecular weight is 348 g/mol. The van der Waals surface area contributed by atoms with E-state index in [1.54, 1.807) is 11.3 Å². The number of nitrogens with one attached hydrogen (secondary N) is 1. The van der Waals surface area contributed by atoms with Crippen molar-refractivity contribution >= 4 is 49.3 Å². The Morgan fingerprint density at radius 3 is 3.04 bits per heavy atom. The molecule has 1 aliphatic heterocycles. The van der Waals surface area contributed by atoms with Crippen LogP contribution in [-0.4, -0.2) is 44.0 Å². The molecule has 3 aromatic rings. The van der Waals surface area contributed by atoms with Gasteiger partial charge in [-0.2, -0.15) is 16.9 Å². The SMILES string of the molecule is Cc1cc(C)c2c(n1)sc1c(NC3CCSC3)nn(CCO)c12. The maximum atomic E-state index is 9.40. The van der Waals surface area contributed by atoms with Gasteiger partial charge in [0.25, 0.3) is 0 Å². The number of thioether (sulfide) groups is 1. The van der Waals surface area contributed by atoms with Crippen LogP contribution in [0.3, 0.4) is 0 Å². The molecule has 122 valence electrons. The molecular formula is C16H20N4OS2. The van der Waals surface area contributed by atoms with E-state index in [9.17, 15) is 5.11 Å². The van der Waals surface area contributed by atoms with Crippen molar-refractivity contribution in [2.24, 2.45) is 0 Å². The molecule has 1 fully saturated rings. The van der Waals surface area contributed by atoms with Crippen molar-refractivity contribution in [2.45, 2.75) is 32.9 Å². The number of anilines is 1. The molecule has 5 nitrogen and oxygen atoms in total. The van der Waals surface area contributed by atoms with Crippen LogP contribution in [0.1, 0.15) is 17.7 Å². The molecule has 3 aromatic heterocycles. The highest BCUT2D eigenvalue weighted by Crippen LogP contribution is 2.39. The van der Waals surface area contributed by atoms with E-state index in [-0.39, 0.29) is 6.61 Å². The topological polar surface area (TPSA) is 63.0 Å². The average Bonchev–Trinajstić information content (AvgIpc) is 3.18. The van der Waals surface area contributed by atoms with Crippen molar-refractivity contribution in [3.05, 3.63) is 17.3 Å². The highest BCUT2D eigenvalue weighted by Gasteiger charge is 2.22. The summed E-state index contributed by atoms with van der Waals surface area (Å²) in [6, 6.07) is 2.60. The molecule has 4 rings (SSSR count). The van der Waals surface area contributed by atoms with Crippen LogP contribution in [0.25, 0.3) is 20.4 Å². The lowest BCUT2D eigenvalue weighted by atomic mass is 10.1. The number of aliphatic hydroxyl groups is 1. The number of hydrogen-bond acceptors (Lipinski definition) is 6. The number of rotatable bonds is 4. The number of fused-ring (bicyclic) bond motifs is 3. The van der Waals surface area contributed by atoms with Gasteiger partial charge in [0.1, 0.15) is 4.83 Å². The first-order valence-corrected chi connectivity index (χ1v) is 9.87. The van der Waals surface area contributed by atoms with Crippen molar-refractivity contribution < 1.29 is 5.11 Å². The summed E-state index contributed by atoms with van der Waals surface area (Å²) in [5.74, 6) is 3.29. The third-order valence-electron chi connectivity index (χ3n) is 4.24. The molecule has 0 saturated carbocycles. The van der Waals surface area contributed by atoms with Crippen LogP contribution in [-0.2, 0) is 6.54 Å². The smallest absolute Gasteiger partial charge is 0.166 e. The summed E-state index contributed by atoms with van der Waals surface area (Å²) in [4.78, 5) is 5.76. The van der Waals surface area contributed by atoms with Gasteiger partial charge in [-0.15, -0.1) is 11.3 Å². The largest absolute Gasteiger partial charge is 0.394 e. The van der Waals surface area contributed by atoms with Crippen molar-refractivity contribution in [1.82, 2.24) is 14.8 Å². The second kappa shape index (κ2) is 5.96. The van der Waals surface area contributed by atoms with E-state index in [0.717, 1.165) is 32.3 Å². The Balaban J connectivity index is 1.91. The number of nitrogens with zero attached hydrogens (tertiary/aromatic N) is 3. The lowest BCUT2D eigenvalue weighted by Crippen LogP contribution is -2.18. The van der Waals surface area contributed by atoms with Crippen LogP contribution in [0, 0.1) is 13.8 Å². The number of aromatic nitrogens is 3. The normalized spacial score (nSPS) is 18.3. The van der Waals surface area contributed by atoms with Crippen LogP contribution in [0.4, 0.5) is 5.82 Å². The lowest BCUT2D eigenvalue weighted by Gasteiger charge is -2.09. The number of aliphatic hydroxyl groups excluding tert-OH is 1. The fourth-order valence-corrected chi connectivity index (χ4v) is 5.63. The Kier molecular flexibility index (Phi) is 3.95. The number of pyridine rings is 1. The highest BCUT2D eigenvalue weighted by atomic mass is 32.2. The van der Waals surface area contributed by atoms with Gasteiger partial charge in [-0.3, -0.25) is 4.68 Å². The van der Waals surface area contributed by atoms with Crippen molar-refractivity contribution in [3.8, 4) is 0 Å². The Hall–Kier alpha value is -1.31. The molecule has 1 unspecified atom stereocenters. The molecule has 1 aliphatic rings. The Labute approximate surface area is 143 Å². The minimum atomic E-state index is 0.0885. The van der Waals surface area contributed by atoms with Crippen LogP contribution < -0.4 is 5.32 Å². The zero-order valence-corrected chi connectivity index (χ0v) is 14.9.